The van der Waals surface area contributed by atoms with E-state index in [1.54, 1.807) is 6.92 Å². The average Bonchev–Trinajstić information content (AvgIpc) is 2.09. The Morgan fingerprint density at radius 2 is 1.92 bits per heavy atom. The molecule has 0 aromatic heterocycles. The first-order valence-electron chi connectivity index (χ1n) is 4.05. The van der Waals surface area contributed by atoms with Gasteiger partial charge in [-0.1, -0.05) is 6.07 Å². The zero-order valence-electron chi connectivity index (χ0n) is 7.64. The fourth-order valence-corrected chi connectivity index (χ4v) is 1.25. The second-order valence-corrected chi connectivity index (χ2v) is 3.08. The van der Waals surface area contributed by atoms with Crippen LogP contribution in [-0.4, -0.2) is 5.11 Å². The third-order valence-electron chi connectivity index (χ3n) is 2.22. The van der Waals surface area contributed by atoms with Gasteiger partial charge in [0.25, 0.3) is 6.43 Å². The Balaban J connectivity index is 3.22. The maximum atomic E-state index is 12.3. The summed E-state index contributed by atoms with van der Waals surface area (Å²) in [4.78, 5) is 0. The van der Waals surface area contributed by atoms with Crippen LogP contribution in [0, 0.1) is 13.8 Å². The van der Waals surface area contributed by atoms with Gasteiger partial charge in [0.05, 0.1) is 6.61 Å². The van der Waals surface area contributed by atoms with E-state index in [0.29, 0.717) is 5.56 Å². The number of halogens is 2. The van der Waals surface area contributed by atoms with E-state index in [2.05, 4.69) is 0 Å². The second kappa shape index (κ2) is 3.83. The summed E-state index contributed by atoms with van der Waals surface area (Å²) in [7, 11) is 0. The first-order chi connectivity index (χ1) is 6.06. The smallest absolute Gasteiger partial charge is 0.263 e. The molecule has 0 bridgehead atoms. The summed E-state index contributed by atoms with van der Waals surface area (Å²) in [5, 5.41) is 8.90. The van der Waals surface area contributed by atoms with Gasteiger partial charge in [-0.05, 0) is 36.6 Å². The number of rotatable bonds is 2. The topological polar surface area (TPSA) is 20.2 Å². The third kappa shape index (κ3) is 2.04. The van der Waals surface area contributed by atoms with Crippen LogP contribution >= 0.6 is 0 Å². The average molecular weight is 186 g/mol. The fraction of sp³-hybridized carbons (Fsp3) is 0.400. The van der Waals surface area contributed by atoms with E-state index in [-0.39, 0.29) is 12.2 Å². The summed E-state index contributed by atoms with van der Waals surface area (Å²) in [6, 6.07) is 2.81. The molecule has 1 aromatic rings. The van der Waals surface area contributed by atoms with E-state index in [0.717, 1.165) is 11.1 Å². The van der Waals surface area contributed by atoms with Crippen LogP contribution in [0.2, 0.25) is 0 Å². The van der Waals surface area contributed by atoms with Crippen molar-refractivity contribution >= 4 is 0 Å². The number of alkyl halides is 2. The molecule has 0 heterocycles. The Morgan fingerprint density at radius 1 is 1.31 bits per heavy atom. The fourth-order valence-electron chi connectivity index (χ4n) is 1.25. The third-order valence-corrected chi connectivity index (χ3v) is 2.22. The van der Waals surface area contributed by atoms with Gasteiger partial charge in [-0.25, -0.2) is 8.78 Å². The Morgan fingerprint density at radius 3 is 2.38 bits per heavy atom. The predicted octanol–water partition coefficient (Wildman–Crippen LogP) is 2.73. The van der Waals surface area contributed by atoms with Gasteiger partial charge in [-0.15, -0.1) is 0 Å². The normalized spacial score (nSPS) is 10.9. The molecule has 0 fully saturated rings. The Hall–Kier alpha value is -0.960. The molecule has 0 unspecified atom stereocenters. The Bertz CT molecular complexity index is 308. The lowest BCUT2D eigenvalue weighted by atomic mass is 10.0. The molecular formula is C10H12F2O. The minimum Gasteiger partial charge on any atom is -0.392 e. The summed E-state index contributed by atoms with van der Waals surface area (Å²) < 4.78 is 24.6. The van der Waals surface area contributed by atoms with Gasteiger partial charge >= 0.3 is 0 Å². The lowest BCUT2D eigenvalue weighted by Gasteiger charge is -2.09. The van der Waals surface area contributed by atoms with Crippen LogP contribution in [-0.2, 0) is 6.61 Å². The number of aliphatic hydroxyl groups is 1. The zero-order chi connectivity index (χ0) is 10.0. The van der Waals surface area contributed by atoms with E-state index in [1.165, 1.54) is 12.1 Å². The van der Waals surface area contributed by atoms with Crippen molar-refractivity contribution in [3.05, 3.63) is 34.4 Å². The molecule has 0 saturated heterocycles. The lowest BCUT2D eigenvalue weighted by molar-refractivity contribution is 0.151. The van der Waals surface area contributed by atoms with E-state index in [9.17, 15) is 8.78 Å². The van der Waals surface area contributed by atoms with Crippen molar-refractivity contribution < 1.29 is 13.9 Å². The lowest BCUT2D eigenvalue weighted by Crippen LogP contribution is -1.96. The van der Waals surface area contributed by atoms with Gasteiger partial charge in [0, 0.05) is 5.56 Å². The van der Waals surface area contributed by atoms with Crippen molar-refractivity contribution in [1.29, 1.82) is 0 Å². The van der Waals surface area contributed by atoms with Crippen LogP contribution in [0.1, 0.15) is 28.7 Å². The first kappa shape index (κ1) is 10.1. The van der Waals surface area contributed by atoms with E-state index >= 15 is 0 Å². The van der Waals surface area contributed by atoms with E-state index in [4.69, 9.17) is 5.11 Å². The van der Waals surface area contributed by atoms with Crippen LogP contribution in [0.15, 0.2) is 12.1 Å². The van der Waals surface area contributed by atoms with Crippen LogP contribution in [0.5, 0.6) is 0 Å². The van der Waals surface area contributed by atoms with Crippen molar-refractivity contribution in [3.8, 4) is 0 Å². The van der Waals surface area contributed by atoms with Crippen LogP contribution < -0.4 is 0 Å². The quantitative estimate of drug-likeness (QED) is 0.752. The number of aryl methyl sites for hydroxylation is 1. The largest absolute Gasteiger partial charge is 0.392 e. The molecule has 0 saturated carbocycles. The van der Waals surface area contributed by atoms with E-state index in [1.807, 2.05) is 6.92 Å². The molecule has 13 heavy (non-hydrogen) atoms. The summed E-state index contributed by atoms with van der Waals surface area (Å²) in [5.74, 6) is 0. The molecule has 0 aliphatic carbocycles. The van der Waals surface area contributed by atoms with Crippen LogP contribution in [0.3, 0.4) is 0 Å². The first-order valence-corrected chi connectivity index (χ1v) is 4.05. The molecule has 72 valence electrons. The molecule has 1 aromatic carbocycles. The van der Waals surface area contributed by atoms with Gasteiger partial charge in [-0.3, -0.25) is 0 Å². The summed E-state index contributed by atoms with van der Waals surface area (Å²) in [6.07, 6.45) is -2.47. The highest BCUT2D eigenvalue weighted by molar-refractivity contribution is 5.37. The molecule has 0 spiro atoms. The van der Waals surface area contributed by atoms with Gasteiger partial charge in [-0.2, -0.15) is 0 Å². The van der Waals surface area contributed by atoms with Crippen molar-refractivity contribution in [2.24, 2.45) is 0 Å². The highest BCUT2D eigenvalue weighted by Gasteiger charge is 2.10. The second-order valence-electron chi connectivity index (χ2n) is 3.08. The van der Waals surface area contributed by atoms with Gasteiger partial charge in [0.2, 0.25) is 0 Å². The van der Waals surface area contributed by atoms with Gasteiger partial charge in [0.15, 0.2) is 0 Å². The maximum absolute atomic E-state index is 12.3. The monoisotopic (exact) mass is 186 g/mol. The van der Waals surface area contributed by atoms with Crippen molar-refractivity contribution in [2.45, 2.75) is 26.9 Å². The summed E-state index contributed by atoms with van der Waals surface area (Å²) >= 11 is 0. The summed E-state index contributed by atoms with van der Waals surface area (Å²) in [5.41, 5.74) is 2.23. The predicted molar refractivity (Wildman–Crippen MR) is 46.8 cm³/mol. The molecule has 0 amide bonds. The number of hydrogen-bond acceptors (Lipinski definition) is 1. The summed E-state index contributed by atoms with van der Waals surface area (Å²) in [6.45, 7) is 3.39. The molecule has 1 nitrogen and oxygen atoms in total. The molecule has 0 aliphatic rings. The molecule has 0 atom stereocenters. The molecule has 3 heteroatoms. The Kier molecular flexibility index (Phi) is 2.98. The molecule has 1 rings (SSSR count). The van der Waals surface area contributed by atoms with E-state index < -0.39 is 6.43 Å². The zero-order valence-corrected chi connectivity index (χ0v) is 7.64. The SMILES string of the molecule is Cc1cc(C(F)F)cc(CO)c1C. The number of benzene rings is 1. The number of aliphatic hydroxyl groups excluding tert-OH is 1. The number of hydrogen-bond donors (Lipinski definition) is 1. The molecule has 0 aliphatic heterocycles. The molecular weight excluding hydrogens is 174 g/mol. The van der Waals surface area contributed by atoms with Crippen molar-refractivity contribution in [3.63, 3.8) is 0 Å². The van der Waals surface area contributed by atoms with Crippen LogP contribution in [0.4, 0.5) is 8.78 Å². The van der Waals surface area contributed by atoms with Gasteiger partial charge < -0.3 is 5.11 Å². The molecule has 0 radical (unpaired) electrons. The van der Waals surface area contributed by atoms with Crippen molar-refractivity contribution in [2.75, 3.05) is 0 Å². The standard InChI is InChI=1S/C10H12F2O/c1-6-3-8(10(11)12)4-9(5-13)7(6)2/h3-4,10,13H,5H2,1-2H3. The maximum Gasteiger partial charge on any atom is 0.263 e. The van der Waals surface area contributed by atoms with Gasteiger partial charge in [0.1, 0.15) is 0 Å². The minimum atomic E-state index is -2.47. The highest BCUT2D eigenvalue weighted by atomic mass is 19.3. The molecule has 1 N–H and O–H groups in total. The highest BCUT2D eigenvalue weighted by Crippen LogP contribution is 2.24. The van der Waals surface area contributed by atoms with Crippen molar-refractivity contribution in [1.82, 2.24) is 0 Å². The minimum absolute atomic E-state index is 0.0212. The Labute approximate surface area is 76.0 Å². The van der Waals surface area contributed by atoms with Crippen LogP contribution in [0.25, 0.3) is 0 Å².